The fourth-order valence-electron chi connectivity index (χ4n) is 11.5. The van der Waals surface area contributed by atoms with Gasteiger partial charge in [-0.3, -0.25) is 47.2 Å². The molecule has 36 heteroatoms. The number of hydrogen-bond acceptors (Lipinski definition) is 28. The molecule has 7 rings (SSSR count). The van der Waals surface area contributed by atoms with E-state index in [2.05, 4.69) is 46.3 Å². The van der Waals surface area contributed by atoms with E-state index in [0.29, 0.717) is 27.9 Å². The molecule has 0 spiro atoms. The highest BCUT2D eigenvalue weighted by Gasteiger charge is 2.50. The smallest absolute Gasteiger partial charge is 0.266 e. The number of methoxy groups -OCH3 is 1. The number of benzene rings is 3. The molecule has 34 nitrogen and oxygen atoms in total. The van der Waals surface area contributed by atoms with Crippen molar-refractivity contribution >= 4 is 63.8 Å². The van der Waals surface area contributed by atoms with E-state index in [1.807, 2.05) is 24.3 Å². The number of aliphatic hydroxyl groups is 10. The van der Waals surface area contributed by atoms with E-state index in [4.69, 9.17) is 9.47 Å². The highest BCUT2D eigenvalue weighted by Crippen LogP contribution is 2.41. The van der Waals surface area contributed by atoms with Gasteiger partial charge in [-0.15, -0.1) is 10.2 Å². The number of unbranched alkanes of at least 4 members (excludes halogenated alkanes) is 4. The minimum atomic E-state index is -4.77. The molecule has 4 aromatic rings. The lowest BCUT2D eigenvalue weighted by Gasteiger charge is -2.34. The summed E-state index contributed by atoms with van der Waals surface area (Å²) in [5.74, 6) is -10.1. The van der Waals surface area contributed by atoms with Crippen LogP contribution in [0.15, 0.2) is 66.7 Å². The van der Waals surface area contributed by atoms with Crippen LogP contribution in [0.3, 0.4) is 0 Å². The first-order valence-corrected chi connectivity index (χ1v) is 34.5. The quantitative estimate of drug-likeness (QED) is 0.0253. The minimum absolute atomic E-state index is 0.0196. The summed E-state index contributed by atoms with van der Waals surface area (Å²) in [6.45, 7) is 0.325. The van der Waals surface area contributed by atoms with Crippen LogP contribution in [-0.2, 0) is 39.9 Å². The van der Waals surface area contributed by atoms with E-state index in [1.165, 1.54) is 30.4 Å². The Labute approximate surface area is 575 Å². The first-order valence-electron chi connectivity index (χ1n) is 32.2. The molecule has 3 aliphatic rings. The van der Waals surface area contributed by atoms with Gasteiger partial charge in [0.05, 0.1) is 55.9 Å². The Hall–Kier alpha value is -7.34. The monoisotopic (exact) mass is 1430 g/mol. The van der Waals surface area contributed by atoms with Crippen molar-refractivity contribution in [3.8, 4) is 38.4 Å². The van der Waals surface area contributed by atoms with Crippen molar-refractivity contribution in [1.29, 1.82) is 0 Å². The van der Waals surface area contributed by atoms with Gasteiger partial charge in [-0.05, 0) is 86.8 Å². The van der Waals surface area contributed by atoms with Crippen LogP contribution in [0, 0.1) is 5.92 Å². The highest BCUT2D eigenvalue weighted by atomic mass is 32.3. The lowest BCUT2D eigenvalue weighted by Crippen LogP contribution is -2.64. The minimum Gasteiger partial charge on any atom is -0.504 e. The normalized spacial score (nSPS) is 25.1. The fourth-order valence-corrected chi connectivity index (χ4v) is 12.8. The van der Waals surface area contributed by atoms with Crippen molar-refractivity contribution in [2.75, 3.05) is 59.7 Å². The third kappa shape index (κ3) is 22.1. The van der Waals surface area contributed by atoms with Crippen LogP contribution < -0.4 is 40.8 Å². The Morgan fingerprint density at radius 3 is 1.97 bits per heavy atom. The van der Waals surface area contributed by atoms with Crippen LogP contribution in [0.1, 0.15) is 81.1 Å². The summed E-state index contributed by atoms with van der Waals surface area (Å²) in [6, 6.07) is 4.47. The maximum Gasteiger partial charge on any atom is 0.266 e. The zero-order valence-corrected chi connectivity index (χ0v) is 56.2. The van der Waals surface area contributed by atoms with Gasteiger partial charge in [-0.2, -0.15) is 0 Å². The Bertz CT molecular complexity index is 3330. The predicted octanol–water partition coefficient (Wildman–Crippen LogP) is -2.93. The van der Waals surface area contributed by atoms with E-state index in [9.17, 15) is 98.6 Å². The van der Waals surface area contributed by atoms with Gasteiger partial charge in [0, 0.05) is 81.8 Å². The zero-order valence-electron chi connectivity index (χ0n) is 54.6. The maximum atomic E-state index is 15.0. The average Bonchev–Trinajstić information content (AvgIpc) is 1.58. The van der Waals surface area contributed by atoms with E-state index in [0.717, 1.165) is 79.2 Å². The molecule has 0 radical (unpaired) electrons. The predicted molar refractivity (Wildman–Crippen MR) is 353 cm³/mol. The number of aromatic nitrogens is 2. The molecule has 3 saturated heterocycles. The van der Waals surface area contributed by atoms with E-state index >= 15 is 4.79 Å². The first-order chi connectivity index (χ1) is 47.0. The second kappa shape index (κ2) is 36.8. The van der Waals surface area contributed by atoms with Crippen LogP contribution in [-0.4, -0.2) is 282 Å². The van der Waals surface area contributed by atoms with Crippen LogP contribution >= 0.6 is 22.5 Å². The second-order valence-corrected chi connectivity index (χ2v) is 26.9. The van der Waals surface area contributed by atoms with Gasteiger partial charge < -0.3 is 112 Å². The molecule has 0 bridgehead atoms. The summed E-state index contributed by atoms with van der Waals surface area (Å²) in [7, 11) is 1.69. The maximum absolute atomic E-state index is 15.0. The van der Waals surface area contributed by atoms with Crippen molar-refractivity contribution in [3.05, 3.63) is 77.9 Å². The van der Waals surface area contributed by atoms with Crippen molar-refractivity contribution < 1.29 is 117 Å². The van der Waals surface area contributed by atoms with E-state index in [-0.39, 0.29) is 17.7 Å². The van der Waals surface area contributed by atoms with Crippen LogP contribution in [0.25, 0.3) is 21.1 Å². The summed E-state index contributed by atoms with van der Waals surface area (Å²) >= 11 is -3.49. The Morgan fingerprint density at radius 1 is 0.717 bits per heavy atom. The van der Waals surface area contributed by atoms with Crippen LogP contribution in [0.2, 0.25) is 0 Å². The second-order valence-electron chi connectivity index (χ2n) is 24.8. The zero-order chi connectivity index (χ0) is 72.4. The number of nitrogens with zero attached hydrogens (tertiary/aromatic N) is 4. The molecule has 0 unspecified atom stereocenters. The molecule has 548 valence electrons. The van der Waals surface area contributed by atoms with Gasteiger partial charge in [0.15, 0.2) is 11.5 Å². The molecular formula is C63H90N10O24S2. The SMILES string of the molecule is COCCCCCCCOc1ccc(-c2nnc(-c3ccc(C(=O)N[C@H]4C[C@@H](O)CNC(=O)[C@@H]5[C@@H](O)[C@@H](C)CN5C(=O)[C@H]([C@H](O)CCNC[C@H](O)[C@H](O)[C@H](O)CO)NC(=O)[C@H]([C@H](O)Cc5ccc(O)c(OS(O)(O)O)c5)NC(=O)[C@@H]5C[C@@H](O)CN5C(=O)[C@H]([C@@H](C)O)NC4=O)cc3)s2)cc1. The molecule has 3 aromatic carbocycles. The summed E-state index contributed by atoms with van der Waals surface area (Å²) in [4.78, 5) is 104. The topological polar surface area (TPSA) is 535 Å². The summed E-state index contributed by atoms with van der Waals surface area (Å²) in [5, 5.41) is 144. The number of carbonyl (C=O) groups is 7. The van der Waals surface area contributed by atoms with Gasteiger partial charge in [-0.25, -0.2) is 0 Å². The molecule has 20 N–H and O–H groups in total. The van der Waals surface area contributed by atoms with Gasteiger partial charge in [0.25, 0.3) is 17.1 Å². The number of amides is 7. The third-order valence-corrected chi connectivity index (χ3v) is 18.5. The molecule has 99 heavy (non-hydrogen) atoms. The molecule has 0 aliphatic carbocycles. The average molecular weight is 1440 g/mol. The lowest BCUT2D eigenvalue weighted by atomic mass is 9.98. The van der Waals surface area contributed by atoms with Gasteiger partial charge in [0.1, 0.15) is 64.2 Å². The number of aromatic hydroxyl groups is 1. The summed E-state index contributed by atoms with van der Waals surface area (Å²) in [5.41, 5.74) is 1.23. The number of hydrogen-bond donors (Lipinski definition) is 20. The summed E-state index contributed by atoms with van der Waals surface area (Å²) in [6.07, 6.45) is -13.6. The third-order valence-electron chi connectivity index (χ3n) is 17.0. The number of carbonyl (C=O) groups excluding carboxylic acids is 7. The van der Waals surface area contributed by atoms with Crippen molar-refractivity contribution in [3.63, 3.8) is 0 Å². The number of rotatable bonds is 28. The van der Waals surface area contributed by atoms with Crippen molar-refractivity contribution in [2.45, 2.75) is 163 Å². The molecule has 16 atom stereocenters. The van der Waals surface area contributed by atoms with Crippen molar-refractivity contribution in [2.24, 2.45) is 5.92 Å². The molecule has 3 fully saturated rings. The number of phenols is 1. The number of β-amino-alcohol motifs (C(OH)–C–C–N with tert-alkyl or cyclic N) is 1. The summed E-state index contributed by atoms with van der Waals surface area (Å²) < 4.78 is 44.4. The molecule has 3 aliphatic heterocycles. The number of nitrogens with one attached hydrogen (secondary N) is 6. The van der Waals surface area contributed by atoms with Gasteiger partial charge in [0.2, 0.25) is 35.4 Å². The van der Waals surface area contributed by atoms with Crippen LogP contribution in [0.4, 0.5) is 0 Å². The molecule has 4 heterocycles. The van der Waals surface area contributed by atoms with E-state index in [1.54, 1.807) is 19.2 Å². The molecule has 0 saturated carbocycles. The Balaban J connectivity index is 1.17. The molecule has 1 aromatic heterocycles. The highest BCUT2D eigenvalue weighted by molar-refractivity contribution is 8.15. The number of fused-ring (bicyclic) bond motifs is 2. The molecule has 7 amide bonds. The Morgan fingerprint density at radius 2 is 1.33 bits per heavy atom. The molecular weight excluding hydrogens is 1340 g/mol. The van der Waals surface area contributed by atoms with Gasteiger partial charge >= 0.3 is 0 Å². The lowest BCUT2D eigenvalue weighted by molar-refractivity contribution is -0.147. The van der Waals surface area contributed by atoms with E-state index < -0.39 is 220 Å². The fraction of sp³-hybridized carbons (Fsp3) is 0.571. The standard InChI is InChI=1S/C63H90N10O24S2/c1-32-29-73-52(53(32)83)59(89)65-27-38(76)25-41(66-55(85)35-10-12-36(13-11-35)60-70-71-61(98-60)37-14-16-40(17-15-37)96-22-8-6-4-5-7-21-95-3)56(86)67-49(33(2)75)62(90)72-30-39(77)26-42(72)57(87)68-50(45(80)23-34-9-18-43(78)48(24-34)97-99(92,93)94)58(88)69-51(63(73)91)44(79)19-20-64-28-46(81)54(84)47(82)31-74/h9-18,24,32-33,38-39,41-42,44-47,49-54,64,74-84,92-94H,4-8,19-23,25-31H2,1-3H3,(H,65,89)(H,66,85)(H,67,86)(H,68,87)(H,69,88)/t32-,33+,38+,39+,41-,42-,44+,45+,46-,47+,49-,50-,51-,52-,53-,54-/m0/s1. The number of ether oxygens (including phenoxy) is 2. The Kier molecular flexibility index (Phi) is 29.4. The first kappa shape index (κ1) is 79.0. The van der Waals surface area contributed by atoms with Crippen LogP contribution in [0.5, 0.6) is 17.2 Å². The van der Waals surface area contributed by atoms with Gasteiger partial charge in [-0.1, -0.05) is 55.7 Å². The number of phenolic OH excluding ortho intramolecular Hbond substituents is 1. The number of aliphatic hydroxyl groups excluding tert-OH is 10. The largest absolute Gasteiger partial charge is 0.504 e. The van der Waals surface area contributed by atoms with Crippen molar-refractivity contribution in [1.82, 2.24) is 51.9 Å².